The van der Waals surface area contributed by atoms with Crippen LogP contribution in [0, 0.1) is 5.92 Å². The maximum atomic E-state index is 11.5. The van der Waals surface area contributed by atoms with Gasteiger partial charge in [-0.15, -0.1) is 0 Å². The highest BCUT2D eigenvalue weighted by molar-refractivity contribution is 5.71. The first kappa shape index (κ1) is 13.8. The zero-order valence-electron chi connectivity index (χ0n) is 10.4. The van der Waals surface area contributed by atoms with Gasteiger partial charge in [0.15, 0.2) is 0 Å². The second kappa shape index (κ2) is 5.35. The van der Waals surface area contributed by atoms with Crippen LogP contribution in [0.15, 0.2) is 0 Å². The third-order valence-electron chi connectivity index (χ3n) is 2.28. The molecule has 1 amide bonds. The summed E-state index contributed by atoms with van der Waals surface area (Å²) >= 11 is 0. The number of ether oxygens (including phenoxy) is 2. The first-order valence-electron chi connectivity index (χ1n) is 5.58. The lowest BCUT2D eigenvalue weighted by atomic mass is 9.99. The maximum Gasteiger partial charge on any atom is 0.407 e. The van der Waals surface area contributed by atoms with Crippen molar-refractivity contribution in [2.24, 2.45) is 5.92 Å². The van der Waals surface area contributed by atoms with Crippen LogP contribution in [0.5, 0.6) is 0 Å². The van der Waals surface area contributed by atoms with Gasteiger partial charge in [-0.2, -0.15) is 0 Å². The molecule has 1 saturated heterocycles. The summed E-state index contributed by atoms with van der Waals surface area (Å²) in [5, 5.41) is 11.5. The molecule has 0 bridgehead atoms. The Morgan fingerprint density at radius 1 is 1.35 bits per heavy atom. The number of aliphatic carboxylic acids is 1. The van der Waals surface area contributed by atoms with Crippen molar-refractivity contribution in [3.8, 4) is 0 Å². The molecule has 0 spiro atoms. The van der Waals surface area contributed by atoms with Crippen molar-refractivity contribution in [2.45, 2.75) is 38.8 Å². The molecule has 0 unspecified atom stereocenters. The van der Waals surface area contributed by atoms with E-state index in [0.717, 1.165) is 0 Å². The molecule has 0 saturated carbocycles. The molecule has 17 heavy (non-hydrogen) atoms. The molecule has 0 aromatic heterocycles. The van der Waals surface area contributed by atoms with E-state index in [9.17, 15) is 9.59 Å². The summed E-state index contributed by atoms with van der Waals surface area (Å²) in [7, 11) is 0. The van der Waals surface area contributed by atoms with E-state index in [4.69, 9.17) is 14.6 Å². The molecule has 1 aliphatic heterocycles. The van der Waals surface area contributed by atoms with E-state index in [1.54, 1.807) is 20.8 Å². The highest BCUT2D eigenvalue weighted by atomic mass is 16.6. The van der Waals surface area contributed by atoms with Crippen molar-refractivity contribution in [1.29, 1.82) is 0 Å². The van der Waals surface area contributed by atoms with Crippen LogP contribution in [0.25, 0.3) is 0 Å². The quantitative estimate of drug-likeness (QED) is 0.758. The third kappa shape index (κ3) is 5.04. The molecule has 0 aromatic carbocycles. The van der Waals surface area contributed by atoms with Crippen molar-refractivity contribution in [2.75, 3.05) is 13.2 Å². The summed E-state index contributed by atoms with van der Waals surface area (Å²) in [5.41, 5.74) is -0.564. The van der Waals surface area contributed by atoms with Gasteiger partial charge in [0.05, 0.1) is 25.2 Å². The largest absolute Gasteiger partial charge is 0.481 e. The molecule has 1 fully saturated rings. The number of alkyl carbamates (subject to hydrolysis) is 1. The van der Waals surface area contributed by atoms with E-state index in [1.807, 2.05) is 0 Å². The summed E-state index contributed by atoms with van der Waals surface area (Å²) in [6.45, 7) is 5.82. The molecular weight excluding hydrogens is 226 g/mol. The van der Waals surface area contributed by atoms with Crippen LogP contribution in [-0.2, 0) is 14.3 Å². The molecule has 0 radical (unpaired) electrons. The predicted octanol–water partition coefficient (Wildman–Crippen LogP) is 1.00. The van der Waals surface area contributed by atoms with Crippen molar-refractivity contribution in [3.63, 3.8) is 0 Å². The predicted molar refractivity (Wildman–Crippen MR) is 59.7 cm³/mol. The highest BCUT2D eigenvalue weighted by Crippen LogP contribution is 2.15. The van der Waals surface area contributed by atoms with E-state index in [1.165, 1.54) is 0 Å². The van der Waals surface area contributed by atoms with E-state index in [0.29, 0.717) is 13.0 Å². The number of rotatable bonds is 2. The van der Waals surface area contributed by atoms with Crippen molar-refractivity contribution >= 4 is 12.1 Å². The van der Waals surface area contributed by atoms with Gasteiger partial charge in [-0.25, -0.2) is 4.79 Å². The normalized spacial score (nSPS) is 25.1. The zero-order valence-corrected chi connectivity index (χ0v) is 10.4. The molecule has 6 nitrogen and oxygen atoms in total. The van der Waals surface area contributed by atoms with E-state index >= 15 is 0 Å². The number of nitrogens with one attached hydrogen (secondary N) is 1. The molecule has 98 valence electrons. The molecule has 6 heteroatoms. The average molecular weight is 245 g/mol. The topological polar surface area (TPSA) is 84.9 Å². The molecule has 1 heterocycles. The fourth-order valence-corrected chi connectivity index (χ4v) is 1.58. The van der Waals surface area contributed by atoms with Crippen molar-refractivity contribution < 1.29 is 24.2 Å². The standard InChI is InChI=1S/C11H19NO5/c1-11(2,3)17-10(15)12-8-4-7(9(13)14)5-16-6-8/h7-8H,4-6H2,1-3H3,(H,12,15)(H,13,14)/t7-,8+/m0/s1. The Hall–Kier alpha value is -1.30. The van der Waals surface area contributed by atoms with Gasteiger partial charge in [-0.3, -0.25) is 4.79 Å². The Morgan fingerprint density at radius 2 is 2.00 bits per heavy atom. The number of carboxylic acids is 1. The fourth-order valence-electron chi connectivity index (χ4n) is 1.58. The molecule has 2 N–H and O–H groups in total. The van der Waals surface area contributed by atoms with Crippen molar-refractivity contribution in [1.82, 2.24) is 5.32 Å². The summed E-state index contributed by atoms with van der Waals surface area (Å²) in [5.74, 6) is -1.47. The van der Waals surface area contributed by atoms with Crippen LogP contribution in [-0.4, -0.2) is 42.0 Å². The number of hydrogen-bond donors (Lipinski definition) is 2. The lowest BCUT2D eigenvalue weighted by Gasteiger charge is -2.28. The van der Waals surface area contributed by atoms with Crippen LogP contribution < -0.4 is 5.32 Å². The minimum absolute atomic E-state index is 0.196. The SMILES string of the molecule is CC(C)(C)OC(=O)N[C@H]1COC[C@@H](C(=O)O)C1. The minimum Gasteiger partial charge on any atom is -0.481 e. The number of amides is 1. The molecular formula is C11H19NO5. The maximum absolute atomic E-state index is 11.5. The summed E-state index contributed by atoms with van der Waals surface area (Å²) < 4.78 is 10.2. The fraction of sp³-hybridized carbons (Fsp3) is 0.818. The Kier molecular flexibility index (Phi) is 4.34. The summed E-state index contributed by atoms with van der Waals surface area (Å²) in [4.78, 5) is 22.3. The highest BCUT2D eigenvalue weighted by Gasteiger charge is 2.29. The lowest BCUT2D eigenvalue weighted by molar-refractivity contribution is -0.146. The third-order valence-corrected chi connectivity index (χ3v) is 2.28. The Morgan fingerprint density at radius 3 is 2.53 bits per heavy atom. The van der Waals surface area contributed by atoms with Gasteiger partial charge < -0.3 is 19.9 Å². The second-order valence-electron chi connectivity index (χ2n) is 5.15. The Balaban J connectivity index is 2.41. The van der Waals surface area contributed by atoms with Crippen LogP contribution in [0.2, 0.25) is 0 Å². The Labute approximate surface area is 100 Å². The van der Waals surface area contributed by atoms with Gasteiger partial charge in [0, 0.05) is 0 Å². The lowest BCUT2D eigenvalue weighted by Crippen LogP contribution is -2.46. The van der Waals surface area contributed by atoms with Gasteiger partial charge in [0.2, 0.25) is 0 Å². The van der Waals surface area contributed by atoms with Gasteiger partial charge in [-0.1, -0.05) is 0 Å². The van der Waals surface area contributed by atoms with Crippen LogP contribution >= 0.6 is 0 Å². The number of carboxylic acid groups (broad SMARTS) is 1. The second-order valence-corrected chi connectivity index (χ2v) is 5.15. The van der Waals surface area contributed by atoms with Crippen molar-refractivity contribution in [3.05, 3.63) is 0 Å². The summed E-state index contributed by atoms with van der Waals surface area (Å²) in [6, 6.07) is -0.306. The van der Waals surface area contributed by atoms with Gasteiger partial charge in [0.25, 0.3) is 0 Å². The van der Waals surface area contributed by atoms with Crippen LogP contribution in [0.3, 0.4) is 0 Å². The first-order chi connectivity index (χ1) is 7.78. The minimum atomic E-state index is -0.902. The van der Waals surface area contributed by atoms with Gasteiger partial charge in [0.1, 0.15) is 5.60 Å². The molecule has 0 aliphatic carbocycles. The van der Waals surface area contributed by atoms with E-state index < -0.39 is 23.6 Å². The Bertz CT molecular complexity index is 297. The summed E-state index contributed by atoms with van der Waals surface area (Å²) in [6.07, 6.45) is -0.175. The van der Waals surface area contributed by atoms with Gasteiger partial charge >= 0.3 is 12.1 Å². The number of carbonyl (C=O) groups is 2. The first-order valence-corrected chi connectivity index (χ1v) is 5.58. The van der Waals surface area contributed by atoms with E-state index in [-0.39, 0.29) is 12.6 Å². The molecule has 1 aliphatic rings. The molecule has 1 rings (SSSR count). The zero-order chi connectivity index (χ0) is 13.1. The average Bonchev–Trinajstić information content (AvgIpc) is 2.14. The monoisotopic (exact) mass is 245 g/mol. The smallest absolute Gasteiger partial charge is 0.407 e. The van der Waals surface area contributed by atoms with E-state index in [2.05, 4.69) is 5.32 Å². The van der Waals surface area contributed by atoms with Gasteiger partial charge in [-0.05, 0) is 27.2 Å². The van der Waals surface area contributed by atoms with Crippen LogP contribution in [0.4, 0.5) is 4.79 Å². The number of hydrogen-bond acceptors (Lipinski definition) is 4. The number of carbonyl (C=O) groups excluding carboxylic acids is 1. The molecule has 0 aromatic rings. The van der Waals surface area contributed by atoms with Crippen LogP contribution in [0.1, 0.15) is 27.2 Å². The molecule has 2 atom stereocenters.